The minimum Gasteiger partial charge on any atom is -0.328 e. The van der Waals surface area contributed by atoms with Gasteiger partial charge in [-0.05, 0) is 43.4 Å². The van der Waals surface area contributed by atoms with Gasteiger partial charge in [0.15, 0.2) is 0 Å². The Morgan fingerprint density at radius 2 is 1.60 bits per heavy atom. The molecule has 0 saturated carbocycles. The van der Waals surface area contributed by atoms with Crippen LogP contribution in [-0.4, -0.2) is 6.04 Å². The minimum absolute atomic E-state index is 0.354. The molecule has 1 nitrogen and oxygen atoms in total. The van der Waals surface area contributed by atoms with Gasteiger partial charge in [0.05, 0.1) is 0 Å². The van der Waals surface area contributed by atoms with Crippen molar-refractivity contribution in [2.75, 3.05) is 0 Å². The van der Waals surface area contributed by atoms with E-state index in [1.165, 1.54) is 25.7 Å². The molecule has 0 amide bonds. The molecule has 0 aromatic carbocycles. The lowest BCUT2D eigenvalue weighted by Gasteiger charge is -2.27. The summed E-state index contributed by atoms with van der Waals surface area (Å²) in [5.74, 6) is 1.65. The molecule has 0 bridgehead atoms. The predicted molar refractivity (Wildman–Crippen MR) is 69.9 cm³/mol. The summed E-state index contributed by atoms with van der Waals surface area (Å²) in [4.78, 5) is 0. The van der Waals surface area contributed by atoms with Gasteiger partial charge in [-0.2, -0.15) is 0 Å². The second-order valence-corrected chi connectivity index (χ2v) is 6.59. The molecule has 92 valence electrons. The zero-order valence-electron chi connectivity index (χ0n) is 11.6. The maximum absolute atomic E-state index is 5.84. The summed E-state index contributed by atoms with van der Waals surface area (Å²) in [6.45, 7) is 13.8. The summed E-state index contributed by atoms with van der Waals surface area (Å²) >= 11 is 0. The van der Waals surface area contributed by atoms with Crippen LogP contribution >= 0.6 is 0 Å². The molecule has 0 spiro atoms. The predicted octanol–water partition coefficient (Wildman–Crippen LogP) is 4.21. The van der Waals surface area contributed by atoms with E-state index in [1.807, 2.05) is 0 Å². The molecule has 0 rings (SSSR count). The van der Waals surface area contributed by atoms with Gasteiger partial charge in [0, 0.05) is 6.04 Å². The van der Waals surface area contributed by atoms with Gasteiger partial charge in [0.2, 0.25) is 0 Å². The van der Waals surface area contributed by atoms with Crippen molar-refractivity contribution in [3.05, 3.63) is 0 Å². The quantitative estimate of drug-likeness (QED) is 0.702. The van der Waals surface area contributed by atoms with E-state index in [4.69, 9.17) is 5.73 Å². The van der Waals surface area contributed by atoms with Crippen LogP contribution in [0.5, 0.6) is 0 Å². The van der Waals surface area contributed by atoms with E-state index in [2.05, 4.69) is 41.5 Å². The average Bonchev–Trinajstić information content (AvgIpc) is 1.98. The standard InChI is InChI=1S/C14H31N/c1-7-13(10-14(4,5)6)9-11(2)8-12(3)15/h11-13H,7-10,15H2,1-6H3/t11?,12-,13-/m0/s1. The van der Waals surface area contributed by atoms with Crippen molar-refractivity contribution in [2.45, 2.75) is 73.3 Å². The van der Waals surface area contributed by atoms with Crippen LogP contribution in [0.3, 0.4) is 0 Å². The number of rotatable bonds is 6. The Morgan fingerprint density at radius 3 is 1.93 bits per heavy atom. The Morgan fingerprint density at radius 1 is 1.07 bits per heavy atom. The van der Waals surface area contributed by atoms with Gasteiger partial charge in [-0.1, -0.05) is 41.0 Å². The Bertz CT molecular complexity index is 155. The summed E-state index contributed by atoms with van der Waals surface area (Å²) in [5, 5.41) is 0. The molecule has 0 aliphatic carbocycles. The van der Waals surface area contributed by atoms with Crippen LogP contribution in [0.4, 0.5) is 0 Å². The van der Waals surface area contributed by atoms with E-state index < -0.39 is 0 Å². The van der Waals surface area contributed by atoms with Crippen molar-refractivity contribution in [3.8, 4) is 0 Å². The Labute approximate surface area is 96.8 Å². The van der Waals surface area contributed by atoms with E-state index in [0.29, 0.717) is 11.5 Å². The molecule has 0 aromatic heterocycles. The first-order valence-electron chi connectivity index (χ1n) is 6.50. The van der Waals surface area contributed by atoms with E-state index in [1.54, 1.807) is 0 Å². The SMILES string of the molecule is CC[C@@H](CC(C)C[C@H](C)N)CC(C)(C)C. The zero-order chi connectivity index (χ0) is 12.1. The third kappa shape index (κ3) is 8.92. The van der Waals surface area contributed by atoms with Crippen LogP contribution in [-0.2, 0) is 0 Å². The highest BCUT2D eigenvalue weighted by Crippen LogP contribution is 2.31. The van der Waals surface area contributed by atoms with Crippen molar-refractivity contribution in [2.24, 2.45) is 23.0 Å². The summed E-state index contributed by atoms with van der Waals surface area (Å²) in [5.41, 5.74) is 6.30. The van der Waals surface area contributed by atoms with Gasteiger partial charge in [-0.15, -0.1) is 0 Å². The maximum atomic E-state index is 5.84. The summed E-state index contributed by atoms with van der Waals surface area (Å²) < 4.78 is 0. The van der Waals surface area contributed by atoms with E-state index in [9.17, 15) is 0 Å². The van der Waals surface area contributed by atoms with Gasteiger partial charge >= 0.3 is 0 Å². The van der Waals surface area contributed by atoms with Crippen LogP contribution < -0.4 is 5.73 Å². The van der Waals surface area contributed by atoms with E-state index >= 15 is 0 Å². The highest BCUT2D eigenvalue weighted by atomic mass is 14.6. The molecule has 0 saturated heterocycles. The van der Waals surface area contributed by atoms with E-state index in [0.717, 1.165) is 11.8 Å². The summed E-state index contributed by atoms with van der Waals surface area (Å²) in [6, 6.07) is 0.354. The van der Waals surface area contributed by atoms with E-state index in [-0.39, 0.29) is 0 Å². The van der Waals surface area contributed by atoms with Crippen LogP contribution in [0.1, 0.15) is 67.2 Å². The maximum Gasteiger partial charge on any atom is 0.00130 e. The van der Waals surface area contributed by atoms with Crippen LogP contribution in [0, 0.1) is 17.3 Å². The number of nitrogens with two attached hydrogens (primary N) is 1. The van der Waals surface area contributed by atoms with Gasteiger partial charge in [-0.3, -0.25) is 0 Å². The molecule has 0 aromatic rings. The van der Waals surface area contributed by atoms with Crippen molar-refractivity contribution in [1.82, 2.24) is 0 Å². The molecule has 0 aliphatic rings. The Kier molecular flexibility index (Phi) is 6.51. The van der Waals surface area contributed by atoms with Crippen LogP contribution in [0.25, 0.3) is 0 Å². The smallest absolute Gasteiger partial charge is 0.00130 e. The first-order chi connectivity index (χ1) is 6.74. The van der Waals surface area contributed by atoms with Gasteiger partial charge < -0.3 is 5.73 Å². The average molecular weight is 213 g/mol. The van der Waals surface area contributed by atoms with Crippen molar-refractivity contribution >= 4 is 0 Å². The van der Waals surface area contributed by atoms with Crippen molar-refractivity contribution < 1.29 is 0 Å². The Hall–Kier alpha value is -0.0400. The lowest BCUT2D eigenvalue weighted by Crippen LogP contribution is -2.21. The number of hydrogen-bond acceptors (Lipinski definition) is 1. The first-order valence-corrected chi connectivity index (χ1v) is 6.50. The van der Waals surface area contributed by atoms with Crippen LogP contribution in [0.2, 0.25) is 0 Å². The third-order valence-corrected chi connectivity index (χ3v) is 2.99. The molecular formula is C14H31N. The van der Waals surface area contributed by atoms with Gasteiger partial charge in [-0.25, -0.2) is 0 Å². The molecule has 2 N–H and O–H groups in total. The lowest BCUT2D eigenvalue weighted by molar-refractivity contribution is 0.245. The highest BCUT2D eigenvalue weighted by molar-refractivity contribution is 4.72. The summed E-state index contributed by atoms with van der Waals surface area (Å²) in [6.07, 6.45) is 5.16. The molecule has 0 radical (unpaired) electrons. The molecular weight excluding hydrogens is 182 g/mol. The molecule has 1 heteroatoms. The third-order valence-electron chi connectivity index (χ3n) is 2.99. The molecule has 0 fully saturated rings. The second kappa shape index (κ2) is 6.52. The fourth-order valence-electron chi connectivity index (χ4n) is 2.56. The lowest BCUT2D eigenvalue weighted by atomic mass is 9.79. The molecule has 0 aliphatic heterocycles. The van der Waals surface area contributed by atoms with Crippen molar-refractivity contribution in [3.63, 3.8) is 0 Å². The topological polar surface area (TPSA) is 26.0 Å². The largest absolute Gasteiger partial charge is 0.328 e. The minimum atomic E-state index is 0.354. The molecule has 0 heterocycles. The van der Waals surface area contributed by atoms with Gasteiger partial charge in [0.25, 0.3) is 0 Å². The molecule has 3 atom stereocenters. The second-order valence-electron chi connectivity index (χ2n) is 6.59. The number of hydrogen-bond donors (Lipinski definition) is 1. The molecule has 1 unspecified atom stereocenters. The first kappa shape index (κ1) is 15.0. The fourth-order valence-corrected chi connectivity index (χ4v) is 2.56. The zero-order valence-corrected chi connectivity index (χ0v) is 11.6. The fraction of sp³-hybridized carbons (Fsp3) is 1.00. The van der Waals surface area contributed by atoms with Gasteiger partial charge in [0.1, 0.15) is 0 Å². The van der Waals surface area contributed by atoms with Crippen LogP contribution in [0.15, 0.2) is 0 Å². The monoisotopic (exact) mass is 213 g/mol. The molecule has 15 heavy (non-hydrogen) atoms. The normalized spacial score (nSPS) is 18.6. The Balaban J connectivity index is 3.98. The highest BCUT2D eigenvalue weighted by Gasteiger charge is 2.19. The van der Waals surface area contributed by atoms with Crippen molar-refractivity contribution in [1.29, 1.82) is 0 Å². The summed E-state index contributed by atoms with van der Waals surface area (Å²) in [7, 11) is 0.